The molecule has 1 aromatic carbocycles. The SMILES string of the molecule is CCCCCCCCCCCC=C[C@H](SCCC(=O)O)[C@H](O)c1cccc(C(=O)O)c1. The fourth-order valence-corrected chi connectivity index (χ4v) is 4.51. The van der Waals surface area contributed by atoms with Crippen LogP contribution < -0.4 is 0 Å². The number of aliphatic carboxylic acids is 1. The molecule has 0 unspecified atom stereocenters. The standard InChI is InChI=1S/C25H38O5S/c1-2-3-4-5-6-7-8-9-10-11-12-16-22(31-18-17-23(26)27)24(28)20-14-13-15-21(19-20)25(29)30/h12-16,19,22,24,28H,2-11,17-18H2,1H3,(H,26,27)(H,29,30)/t22-,24+/m0/s1. The van der Waals surface area contributed by atoms with Crippen molar-refractivity contribution in [3.05, 3.63) is 47.5 Å². The minimum absolute atomic E-state index is 0.0230. The first kappa shape index (κ1) is 27.2. The summed E-state index contributed by atoms with van der Waals surface area (Å²) in [5.74, 6) is -1.52. The highest BCUT2D eigenvalue weighted by atomic mass is 32.2. The maximum atomic E-state index is 11.2. The number of carboxylic acids is 2. The molecule has 0 saturated carbocycles. The summed E-state index contributed by atoms with van der Waals surface area (Å²) >= 11 is 1.38. The van der Waals surface area contributed by atoms with Crippen LogP contribution >= 0.6 is 11.8 Å². The first-order valence-electron chi connectivity index (χ1n) is 11.5. The average Bonchev–Trinajstić information content (AvgIpc) is 2.75. The number of aliphatic hydroxyl groups excluding tert-OH is 1. The second-order valence-electron chi connectivity index (χ2n) is 7.90. The maximum absolute atomic E-state index is 11.2. The normalized spacial score (nSPS) is 13.4. The highest BCUT2D eigenvalue weighted by molar-refractivity contribution is 8.00. The molecule has 0 aromatic heterocycles. The van der Waals surface area contributed by atoms with E-state index in [0.29, 0.717) is 11.3 Å². The van der Waals surface area contributed by atoms with Gasteiger partial charge in [-0.15, -0.1) is 0 Å². The van der Waals surface area contributed by atoms with Crippen molar-refractivity contribution in [1.82, 2.24) is 0 Å². The fraction of sp³-hybridized carbons (Fsp3) is 0.600. The van der Waals surface area contributed by atoms with E-state index in [1.165, 1.54) is 75.3 Å². The van der Waals surface area contributed by atoms with Crippen LogP contribution in [0.5, 0.6) is 0 Å². The number of unbranched alkanes of at least 4 members (excludes halogenated alkanes) is 9. The quantitative estimate of drug-likeness (QED) is 0.175. The van der Waals surface area contributed by atoms with Crippen LogP contribution in [0.25, 0.3) is 0 Å². The molecule has 0 saturated heterocycles. The van der Waals surface area contributed by atoms with Crippen LogP contribution in [0.15, 0.2) is 36.4 Å². The summed E-state index contributed by atoms with van der Waals surface area (Å²) in [6.45, 7) is 2.23. The molecule has 1 aromatic rings. The molecular formula is C25H38O5S. The number of thioether (sulfide) groups is 1. The Morgan fingerprint density at radius 2 is 1.65 bits per heavy atom. The lowest BCUT2D eigenvalue weighted by atomic mass is 10.0. The monoisotopic (exact) mass is 450 g/mol. The molecule has 0 spiro atoms. The van der Waals surface area contributed by atoms with Crippen molar-refractivity contribution in [2.45, 2.75) is 88.9 Å². The second-order valence-corrected chi connectivity index (χ2v) is 9.19. The largest absolute Gasteiger partial charge is 0.481 e. The number of carbonyl (C=O) groups is 2. The maximum Gasteiger partial charge on any atom is 0.335 e. The van der Waals surface area contributed by atoms with Gasteiger partial charge in [0.25, 0.3) is 0 Å². The number of aromatic carboxylic acids is 1. The third-order valence-corrected chi connectivity index (χ3v) is 6.45. The van der Waals surface area contributed by atoms with Gasteiger partial charge in [0.2, 0.25) is 0 Å². The smallest absolute Gasteiger partial charge is 0.335 e. The highest BCUT2D eigenvalue weighted by Crippen LogP contribution is 2.29. The predicted octanol–water partition coefficient (Wildman–Crippen LogP) is 6.47. The van der Waals surface area contributed by atoms with E-state index in [4.69, 9.17) is 5.11 Å². The summed E-state index contributed by atoms with van der Waals surface area (Å²) in [5.41, 5.74) is 0.657. The van der Waals surface area contributed by atoms with Crippen LogP contribution in [0.4, 0.5) is 0 Å². The average molecular weight is 451 g/mol. The lowest BCUT2D eigenvalue weighted by molar-refractivity contribution is -0.136. The van der Waals surface area contributed by atoms with Crippen molar-refractivity contribution in [2.24, 2.45) is 0 Å². The number of hydrogen-bond donors (Lipinski definition) is 3. The number of aliphatic hydroxyl groups is 1. The number of benzene rings is 1. The Kier molecular flexibility index (Phi) is 14.8. The Labute approximate surface area is 191 Å². The third kappa shape index (κ3) is 12.6. The van der Waals surface area contributed by atoms with E-state index in [1.54, 1.807) is 12.1 Å². The van der Waals surface area contributed by atoms with Crippen molar-refractivity contribution in [3.8, 4) is 0 Å². The fourth-order valence-electron chi connectivity index (χ4n) is 3.38. The van der Waals surface area contributed by atoms with Crippen molar-refractivity contribution < 1.29 is 24.9 Å². The zero-order valence-corrected chi connectivity index (χ0v) is 19.5. The Morgan fingerprint density at radius 1 is 1.00 bits per heavy atom. The van der Waals surface area contributed by atoms with Crippen molar-refractivity contribution in [2.75, 3.05) is 5.75 Å². The molecule has 0 aliphatic rings. The van der Waals surface area contributed by atoms with Crippen LogP contribution in [-0.2, 0) is 4.79 Å². The minimum atomic E-state index is -1.04. The lowest BCUT2D eigenvalue weighted by Crippen LogP contribution is -2.15. The van der Waals surface area contributed by atoms with Crippen LogP contribution in [0.1, 0.15) is 99.6 Å². The molecule has 2 atom stereocenters. The summed E-state index contributed by atoms with van der Waals surface area (Å²) in [5, 5.41) is 28.6. The van der Waals surface area contributed by atoms with Gasteiger partial charge in [-0.2, -0.15) is 11.8 Å². The van der Waals surface area contributed by atoms with Gasteiger partial charge in [-0.05, 0) is 30.5 Å². The topological polar surface area (TPSA) is 94.8 Å². The van der Waals surface area contributed by atoms with E-state index in [9.17, 15) is 19.8 Å². The Bertz CT molecular complexity index is 674. The molecule has 174 valence electrons. The Hall–Kier alpha value is -1.79. The summed E-state index contributed by atoms with van der Waals surface area (Å²) in [7, 11) is 0. The van der Waals surface area contributed by atoms with Crippen molar-refractivity contribution >= 4 is 23.7 Å². The van der Waals surface area contributed by atoms with Crippen molar-refractivity contribution in [1.29, 1.82) is 0 Å². The van der Waals surface area contributed by atoms with E-state index in [1.807, 2.05) is 6.08 Å². The lowest BCUT2D eigenvalue weighted by Gasteiger charge is -2.20. The van der Waals surface area contributed by atoms with Gasteiger partial charge >= 0.3 is 11.9 Å². The van der Waals surface area contributed by atoms with Gasteiger partial charge < -0.3 is 15.3 Å². The molecule has 3 N–H and O–H groups in total. The number of rotatable bonds is 18. The molecule has 0 amide bonds. The molecule has 0 aliphatic carbocycles. The first-order valence-corrected chi connectivity index (χ1v) is 12.5. The molecule has 5 nitrogen and oxygen atoms in total. The third-order valence-electron chi connectivity index (χ3n) is 5.21. The molecule has 6 heteroatoms. The summed E-state index contributed by atoms with van der Waals surface area (Å²) in [6, 6.07) is 6.29. The van der Waals surface area contributed by atoms with E-state index in [0.717, 1.165) is 12.8 Å². The van der Waals surface area contributed by atoms with E-state index >= 15 is 0 Å². The van der Waals surface area contributed by atoms with Gasteiger partial charge in [0.1, 0.15) is 0 Å². The Morgan fingerprint density at radius 3 is 2.26 bits per heavy atom. The summed E-state index contributed by atoms with van der Waals surface area (Å²) < 4.78 is 0. The number of carboxylic acid groups (broad SMARTS) is 2. The van der Waals surface area contributed by atoms with Crippen LogP contribution in [0, 0.1) is 0 Å². The highest BCUT2D eigenvalue weighted by Gasteiger charge is 2.20. The molecule has 0 heterocycles. The molecule has 31 heavy (non-hydrogen) atoms. The van der Waals surface area contributed by atoms with Crippen LogP contribution in [-0.4, -0.2) is 38.3 Å². The summed E-state index contributed by atoms with van der Waals surface area (Å²) in [6.07, 6.45) is 15.5. The van der Waals surface area contributed by atoms with Gasteiger partial charge in [0, 0.05) is 5.75 Å². The number of hydrogen-bond acceptors (Lipinski definition) is 4. The molecule has 1 rings (SSSR count). The van der Waals surface area contributed by atoms with Gasteiger partial charge in [0.15, 0.2) is 0 Å². The summed E-state index contributed by atoms with van der Waals surface area (Å²) in [4.78, 5) is 22.1. The van der Waals surface area contributed by atoms with Gasteiger partial charge in [-0.1, -0.05) is 82.6 Å². The van der Waals surface area contributed by atoms with E-state index in [2.05, 4.69) is 13.0 Å². The second kappa shape index (κ2) is 16.8. The predicted molar refractivity (Wildman–Crippen MR) is 128 cm³/mol. The zero-order chi connectivity index (χ0) is 22.9. The minimum Gasteiger partial charge on any atom is -0.481 e. The molecular weight excluding hydrogens is 412 g/mol. The van der Waals surface area contributed by atoms with E-state index < -0.39 is 18.0 Å². The number of allylic oxidation sites excluding steroid dienone is 1. The van der Waals surface area contributed by atoms with Gasteiger partial charge in [-0.25, -0.2) is 4.79 Å². The van der Waals surface area contributed by atoms with E-state index in [-0.39, 0.29) is 17.2 Å². The molecule has 0 aliphatic heterocycles. The van der Waals surface area contributed by atoms with Crippen molar-refractivity contribution in [3.63, 3.8) is 0 Å². The molecule has 0 bridgehead atoms. The van der Waals surface area contributed by atoms with Crippen LogP contribution in [0.2, 0.25) is 0 Å². The van der Waals surface area contributed by atoms with Gasteiger partial charge in [0.05, 0.1) is 23.3 Å². The molecule has 0 radical (unpaired) electrons. The zero-order valence-electron chi connectivity index (χ0n) is 18.7. The first-order chi connectivity index (χ1) is 15.0. The van der Waals surface area contributed by atoms with Gasteiger partial charge in [-0.3, -0.25) is 4.79 Å². The van der Waals surface area contributed by atoms with Crippen LogP contribution in [0.3, 0.4) is 0 Å². The molecule has 0 fully saturated rings. The Balaban J connectivity index is 2.51.